The minimum Gasteiger partial charge on any atom is -0.379 e. The van der Waals surface area contributed by atoms with Gasteiger partial charge in [0.15, 0.2) is 0 Å². The molecule has 0 bridgehead atoms. The number of nitrogens with zero attached hydrogens (tertiary/aromatic N) is 1. The van der Waals surface area contributed by atoms with Gasteiger partial charge in [-0.3, -0.25) is 4.79 Å². The first-order valence-electron chi connectivity index (χ1n) is 9.73. The molecule has 2 N–H and O–H groups in total. The van der Waals surface area contributed by atoms with E-state index in [9.17, 15) is 13.2 Å². The van der Waals surface area contributed by atoms with Crippen molar-refractivity contribution in [3.63, 3.8) is 0 Å². The molecule has 1 aliphatic rings. The maximum Gasteiger partial charge on any atom is 0.243 e. The summed E-state index contributed by atoms with van der Waals surface area (Å²) in [6.45, 7) is 1.49. The zero-order valence-electron chi connectivity index (χ0n) is 16.4. The molecule has 0 radical (unpaired) electrons. The molecular formula is C22H23N3O4S. The van der Waals surface area contributed by atoms with Crippen molar-refractivity contribution in [3.8, 4) is 0 Å². The third kappa shape index (κ3) is 4.46. The van der Waals surface area contributed by atoms with Gasteiger partial charge < -0.3 is 15.4 Å². The van der Waals surface area contributed by atoms with Gasteiger partial charge in [-0.1, -0.05) is 42.5 Å². The highest BCUT2D eigenvalue weighted by atomic mass is 32.2. The van der Waals surface area contributed by atoms with Gasteiger partial charge in [0.05, 0.1) is 24.7 Å². The van der Waals surface area contributed by atoms with Crippen LogP contribution >= 0.6 is 0 Å². The average Bonchev–Trinajstić information content (AvgIpc) is 2.78. The lowest BCUT2D eigenvalue weighted by atomic mass is 10.1. The minimum atomic E-state index is -3.61. The molecule has 0 aliphatic carbocycles. The van der Waals surface area contributed by atoms with E-state index in [0.29, 0.717) is 32.0 Å². The molecule has 0 atom stereocenters. The summed E-state index contributed by atoms with van der Waals surface area (Å²) >= 11 is 0. The fourth-order valence-electron chi connectivity index (χ4n) is 3.43. The van der Waals surface area contributed by atoms with E-state index in [2.05, 4.69) is 10.6 Å². The molecule has 0 aromatic heterocycles. The molecular weight excluding hydrogens is 402 g/mol. The number of fused-ring (bicyclic) bond motifs is 1. The number of hydrogen-bond acceptors (Lipinski definition) is 5. The number of morpholine rings is 1. The summed E-state index contributed by atoms with van der Waals surface area (Å²) in [5.74, 6) is -0.260. The van der Waals surface area contributed by atoms with Crippen LogP contribution in [-0.2, 0) is 19.6 Å². The van der Waals surface area contributed by atoms with Crippen molar-refractivity contribution in [1.82, 2.24) is 4.31 Å². The Morgan fingerprint density at radius 1 is 0.967 bits per heavy atom. The molecule has 0 spiro atoms. The zero-order valence-corrected chi connectivity index (χ0v) is 17.2. The molecule has 1 aliphatic heterocycles. The van der Waals surface area contributed by atoms with Gasteiger partial charge in [-0.2, -0.15) is 4.31 Å². The summed E-state index contributed by atoms with van der Waals surface area (Å²) in [7, 11) is -3.61. The van der Waals surface area contributed by atoms with E-state index >= 15 is 0 Å². The number of rotatable bonds is 6. The summed E-state index contributed by atoms with van der Waals surface area (Å²) in [4.78, 5) is 12.6. The topological polar surface area (TPSA) is 87.7 Å². The van der Waals surface area contributed by atoms with E-state index in [-0.39, 0.29) is 17.3 Å². The standard InChI is InChI=1S/C22H23N3O4S/c26-22(16-23-21-10-3-6-17-5-1-2-9-20(17)21)24-18-7-4-8-19(15-18)30(27,28)25-11-13-29-14-12-25/h1-10,15,23H,11-14,16H2,(H,24,26). The molecule has 7 nitrogen and oxygen atoms in total. The summed E-state index contributed by atoms with van der Waals surface area (Å²) in [6.07, 6.45) is 0. The predicted molar refractivity (Wildman–Crippen MR) is 117 cm³/mol. The van der Waals surface area contributed by atoms with Crippen LogP contribution in [0.5, 0.6) is 0 Å². The summed E-state index contributed by atoms with van der Waals surface area (Å²) in [5.41, 5.74) is 1.31. The SMILES string of the molecule is O=C(CNc1cccc2ccccc12)Nc1cccc(S(=O)(=O)N2CCOCC2)c1. The lowest BCUT2D eigenvalue weighted by Gasteiger charge is -2.26. The smallest absolute Gasteiger partial charge is 0.243 e. The highest BCUT2D eigenvalue weighted by Gasteiger charge is 2.26. The van der Waals surface area contributed by atoms with Crippen LogP contribution in [0.4, 0.5) is 11.4 Å². The van der Waals surface area contributed by atoms with E-state index in [1.165, 1.54) is 16.4 Å². The second-order valence-corrected chi connectivity index (χ2v) is 8.91. The Kier molecular flexibility index (Phi) is 5.98. The van der Waals surface area contributed by atoms with Gasteiger partial charge in [-0.15, -0.1) is 0 Å². The van der Waals surface area contributed by atoms with Gasteiger partial charge in [0.25, 0.3) is 0 Å². The molecule has 3 aromatic rings. The van der Waals surface area contributed by atoms with Gasteiger partial charge in [0.2, 0.25) is 15.9 Å². The van der Waals surface area contributed by atoms with E-state index in [4.69, 9.17) is 4.74 Å². The van der Waals surface area contributed by atoms with E-state index < -0.39 is 10.0 Å². The molecule has 1 fully saturated rings. The second kappa shape index (κ2) is 8.83. The van der Waals surface area contributed by atoms with Gasteiger partial charge in [0, 0.05) is 29.9 Å². The maximum absolute atomic E-state index is 12.8. The quantitative estimate of drug-likeness (QED) is 0.634. The number of nitrogens with one attached hydrogen (secondary N) is 2. The van der Waals surface area contributed by atoms with Crippen LogP contribution in [0.25, 0.3) is 10.8 Å². The summed E-state index contributed by atoms with van der Waals surface area (Å²) < 4.78 is 32.2. The molecule has 1 saturated heterocycles. The Balaban J connectivity index is 1.43. The maximum atomic E-state index is 12.8. The third-order valence-corrected chi connectivity index (χ3v) is 6.85. The van der Waals surface area contributed by atoms with Crippen LogP contribution < -0.4 is 10.6 Å². The van der Waals surface area contributed by atoms with Gasteiger partial charge in [0.1, 0.15) is 0 Å². The van der Waals surface area contributed by atoms with Crippen molar-refractivity contribution in [2.75, 3.05) is 43.5 Å². The minimum absolute atomic E-state index is 0.0639. The van der Waals surface area contributed by atoms with E-state index in [0.717, 1.165) is 16.5 Å². The molecule has 0 saturated carbocycles. The Hall–Kier alpha value is -2.94. The monoisotopic (exact) mass is 425 g/mol. The van der Waals surface area contributed by atoms with Crippen LogP contribution in [0, 0.1) is 0 Å². The van der Waals surface area contributed by atoms with E-state index in [1.54, 1.807) is 12.1 Å². The number of carbonyl (C=O) groups excluding carboxylic acids is 1. The van der Waals surface area contributed by atoms with Crippen molar-refractivity contribution in [2.45, 2.75) is 4.90 Å². The Morgan fingerprint density at radius 3 is 2.53 bits per heavy atom. The average molecular weight is 426 g/mol. The van der Waals surface area contributed by atoms with Crippen LogP contribution in [0.1, 0.15) is 0 Å². The number of carbonyl (C=O) groups is 1. The fourth-order valence-corrected chi connectivity index (χ4v) is 4.88. The third-order valence-electron chi connectivity index (χ3n) is 4.95. The second-order valence-electron chi connectivity index (χ2n) is 6.97. The Bertz CT molecular complexity index is 1150. The van der Waals surface area contributed by atoms with Crippen LogP contribution in [0.15, 0.2) is 71.6 Å². The summed E-state index contributed by atoms with van der Waals surface area (Å²) in [5, 5.41) is 8.04. The normalized spacial score (nSPS) is 15.1. The van der Waals surface area contributed by atoms with Crippen LogP contribution in [-0.4, -0.2) is 51.5 Å². The lowest BCUT2D eigenvalue weighted by molar-refractivity contribution is -0.114. The van der Waals surface area contributed by atoms with E-state index in [1.807, 2.05) is 42.5 Å². The fraction of sp³-hybridized carbons (Fsp3) is 0.227. The largest absolute Gasteiger partial charge is 0.379 e. The number of hydrogen-bond donors (Lipinski definition) is 2. The Morgan fingerprint density at radius 2 is 1.70 bits per heavy atom. The zero-order chi connectivity index (χ0) is 21.0. The van der Waals surface area contributed by atoms with Crippen molar-refractivity contribution < 1.29 is 17.9 Å². The van der Waals surface area contributed by atoms with Crippen molar-refractivity contribution in [1.29, 1.82) is 0 Å². The molecule has 156 valence electrons. The predicted octanol–water partition coefficient (Wildman–Crippen LogP) is 2.91. The highest BCUT2D eigenvalue weighted by molar-refractivity contribution is 7.89. The number of benzene rings is 3. The molecule has 30 heavy (non-hydrogen) atoms. The van der Waals surface area contributed by atoms with Crippen molar-refractivity contribution in [3.05, 3.63) is 66.7 Å². The molecule has 1 heterocycles. The number of amides is 1. The molecule has 1 amide bonds. The molecule has 8 heteroatoms. The summed E-state index contributed by atoms with van der Waals surface area (Å²) in [6, 6.07) is 20.1. The number of ether oxygens (including phenoxy) is 1. The van der Waals surface area contributed by atoms with Crippen molar-refractivity contribution >= 4 is 38.1 Å². The first-order chi connectivity index (χ1) is 14.5. The van der Waals surface area contributed by atoms with Crippen LogP contribution in [0.3, 0.4) is 0 Å². The molecule has 4 rings (SSSR count). The van der Waals surface area contributed by atoms with Gasteiger partial charge in [-0.05, 0) is 29.7 Å². The highest BCUT2D eigenvalue weighted by Crippen LogP contribution is 2.23. The van der Waals surface area contributed by atoms with Gasteiger partial charge in [-0.25, -0.2) is 8.42 Å². The van der Waals surface area contributed by atoms with Crippen molar-refractivity contribution in [2.24, 2.45) is 0 Å². The molecule has 0 unspecified atom stereocenters. The number of anilines is 2. The first-order valence-corrected chi connectivity index (χ1v) is 11.2. The lowest BCUT2D eigenvalue weighted by Crippen LogP contribution is -2.40. The first kappa shape index (κ1) is 20.3. The van der Waals surface area contributed by atoms with Crippen LogP contribution in [0.2, 0.25) is 0 Å². The van der Waals surface area contributed by atoms with Gasteiger partial charge >= 0.3 is 0 Å². The number of sulfonamides is 1. The Labute approximate surface area is 175 Å². The molecule has 3 aromatic carbocycles.